The number of amides is 2. The van der Waals surface area contributed by atoms with E-state index in [9.17, 15) is 24.3 Å². The van der Waals surface area contributed by atoms with Crippen LogP contribution in [-0.2, 0) is 19.2 Å². The van der Waals surface area contributed by atoms with E-state index >= 15 is 0 Å². The summed E-state index contributed by atoms with van der Waals surface area (Å²) in [4.78, 5) is 45.0. The number of hydrogen-bond donors (Lipinski definition) is 4. The van der Waals surface area contributed by atoms with E-state index in [0.717, 1.165) is 0 Å². The van der Waals surface area contributed by atoms with Crippen molar-refractivity contribution in [2.45, 2.75) is 6.42 Å². The van der Waals surface area contributed by atoms with Gasteiger partial charge in [-0.3, -0.25) is 19.2 Å². The Kier molecular flexibility index (Phi) is 4.25. The zero-order valence-corrected chi connectivity index (χ0v) is 11.1. The highest BCUT2D eigenvalue weighted by molar-refractivity contribution is 5.90. The Morgan fingerprint density at radius 1 is 0.952 bits per heavy atom. The maximum Gasteiger partial charge on any atom is 0.322 e. The molecular formula is C13H16N2O6. The van der Waals surface area contributed by atoms with E-state index in [1.54, 1.807) is 0 Å². The van der Waals surface area contributed by atoms with Crippen LogP contribution in [0.15, 0.2) is 12.2 Å². The van der Waals surface area contributed by atoms with Gasteiger partial charge in [0.15, 0.2) is 0 Å². The van der Waals surface area contributed by atoms with Crippen molar-refractivity contribution in [2.24, 2.45) is 23.7 Å². The van der Waals surface area contributed by atoms with Crippen LogP contribution >= 0.6 is 0 Å². The van der Waals surface area contributed by atoms with E-state index in [4.69, 9.17) is 5.11 Å². The van der Waals surface area contributed by atoms with Crippen molar-refractivity contribution in [1.82, 2.24) is 10.6 Å². The third-order valence-corrected chi connectivity index (χ3v) is 3.91. The van der Waals surface area contributed by atoms with Gasteiger partial charge < -0.3 is 20.8 Å². The topological polar surface area (TPSA) is 133 Å². The third kappa shape index (κ3) is 3.21. The molecule has 8 heteroatoms. The summed E-state index contributed by atoms with van der Waals surface area (Å²) in [5, 5.41) is 22.1. The average Bonchev–Trinajstić information content (AvgIpc) is 3.02. The molecule has 0 aromatic rings. The van der Waals surface area contributed by atoms with Crippen LogP contribution in [0.4, 0.5) is 0 Å². The molecule has 0 aliphatic heterocycles. The van der Waals surface area contributed by atoms with E-state index in [1.807, 2.05) is 12.2 Å². The number of fused-ring (bicyclic) bond motifs is 2. The van der Waals surface area contributed by atoms with Gasteiger partial charge in [-0.15, -0.1) is 0 Å². The molecule has 1 fully saturated rings. The Balaban J connectivity index is 1.88. The van der Waals surface area contributed by atoms with E-state index in [1.165, 1.54) is 0 Å². The minimum Gasteiger partial charge on any atom is -0.481 e. The molecule has 4 atom stereocenters. The van der Waals surface area contributed by atoms with Crippen LogP contribution in [0.1, 0.15) is 6.42 Å². The summed E-state index contributed by atoms with van der Waals surface area (Å²) >= 11 is 0. The van der Waals surface area contributed by atoms with E-state index in [0.29, 0.717) is 6.42 Å². The maximum absolute atomic E-state index is 12.1. The van der Waals surface area contributed by atoms with Crippen LogP contribution in [0.3, 0.4) is 0 Å². The van der Waals surface area contributed by atoms with Gasteiger partial charge in [-0.2, -0.15) is 0 Å². The third-order valence-electron chi connectivity index (χ3n) is 3.91. The molecule has 0 spiro atoms. The molecule has 0 radical (unpaired) electrons. The number of rotatable bonds is 6. The fourth-order valence-electron chi connectivity index (χ4n) is 3.04. The molecule has 0 unspecified atom stereocenters. The number of carboxylic acids is 2. The minimum atomic E-state index is -1.18. The molecule has 21 heavy (non-hydrogen) atoms. The number of carbonyl (C=O) groups excluding carboxylic acids is 2. The Morgan fingerprint density at radius 3 is 2.14 bits per heavy atom. The van der Waals surface area contributed by atoms with Crippen LogP contribution in [0, 0.1) is 23.7 Å². The monoisotopic (exact) mass is 296 g/mol. The lowest BCUT2D eigenvalue weighted by atomic mass is 9.82. The van der Waals surface area contributed by atoms with Crippen molar-refractivity contribution < 1.29 is 29.4 Å². The predicted octanol–water partition coefficient (Wildman–Crippen LogP) is -1.17. The highest BCUT2D eigenvalue weighted by Crippen LogP contribution is 2.48. The van der Waals surface area contributed by atoms with Gasteiger partial charge in [0.2, 0.25) is 11.8 Å². The maximum atomic E-state index is 12.1. The van der Waals surface area contributed by atoms with Gasteiger partial charge in [-0.25, -0.2) is 0 Å². The highest BCUT2D eigenvalue weighted by atomic mass is 16.4. The first kappa shape index (κ1) is 15.0. The first-order valence-corrected chi connectivity index (χ1v) is 6.57. The second-order valence-electron chi connectivity index (χ2n) is 5.23. The Bertz CT molecular complexity index is 515. The lowest BCUT2D eigenvalue weighted by Gasteiger charge is -2.23. The van der Waals surface area contributed by atoms with Crippen molar-refractivity contribution in [3.8, 4) is 0 Å². The molecule has 0 aromatic heterocycles. The summed E-state index contributed by atoms with van der Waals surface area (Å²) in [7, 11) is 0. The van der Waals surface area contributed by atoms with Gasteiger partial charge in [-0.1, -0.05) is 12.2 Å². The molecule has 2 amide bonds. The summed E-state index contributed by atoms with van der Waals surface area (Å²) in [6, 6.07) is 0. The first-order valence-electron chi connectivity index (χ1n) is 6.57. The van der Waals surface area contributed by atoms with Crippen LogP contribution in [-0.4, -0.2) is 47.1 Å². The number of hydrogen-bond acceptors (Lipinski definition) is 4. The average molecular weight is 296 g/mol. The number of aliphatic carboxylic acids is 2. The fraction of sp³-hybridized carbons (Fsp3) is 0.538. The van der Waals surface area contributed by atoms with Crippen LogP contribution in [0.25, 0.3) is 0 Å². The minimum absolute atomic E-state index is 0.113. The summed E-state index contributed by atoms with van der Waals surface area (Å²) in [5.74, 6) is -4.99. The van der Waals surface area contributed by atoms with Crippen LogP contribution < -0.4 is 10.6 Å². The molecule has 0 aromatic carbocycles. The number of carbonyl (C=O) groups is 4. The van der Waals surface area contributed by atoms with Gasteiger partial charge in [0, 0.05) is 0 Å². The van der Waals surface area contributed by atoms with Gasteiger partial charge in [0.25, 0.3) is 0 Å². The van der Waals surface area contributed by atoms with Crippen molar-refractivity contribution in [3.63, 3.8) is 0 Å². The zero-order valence-electron chi connectivity index (χ0n) is 11.1. The standard InChI is InChI=1S/C13H16N2O6/c16-8(14-5-9(17)18)4-15-12(19)10-6-1-2-7(3-6)11(10)13(20)21/h1-2,6-7,10-11H,3-5H2,(H,14,16)(H,15,19)(H,17,18)(H,20,21)/t6-,7-,10-,11+/m0/s1. The molecule has 2 rings (SSSR count). The second kappa shape index (κ2) is 5.94. The van der Waals surface area contributed by atoms with Crippen LogP contribution in [0.2, 0.25) is 0 Å². The molecule has 1 saturated carbocycles. The molecule has 114 valence electrons. The lowest BCUT2D eigenvalue weighted by molar-refractivity contribution is -0.148. The highest BCUT2D eigenvalue weighted by Gasteiger charge is 2.51. The smallest absolute Gasteiger partial charge is 0.322 e. The van der Waals surface area contributed by atoms with Crippen LogP contribution in [0.5, 0.6) is 0 Å². The number of allylic oxidation sites excluding steroid dienone is 2. The molecule has 4 N–H and O–H groups in total. The Morgan fingerprint density at radius 2 is 1.57 bits per heavy atom. The summed E-state index contributed by atoms with van der Waals surface area (Å²) < 4.78 is 0. The first-order chi connectivity index (χ1) is 9.90. The SMILES string of the molecule is O=C(O)CNC(=O)CNC(=O)[C@@H]1[C@H](C(=O)O)[C@H]2C=C[C@H]1C2. The Labute approximate surface area is 120 Å². The summed E-state index contributed by atoms with van der Waals surface area (Å²) in [5.41, 5.74) is 0. The summed E-state index contributed by atoms with van der Waals surface area (Å²) in [6.07, 6.45) is 4.31. The Hall–Kier alpha value is -2.38. The van der Waals surface area contributed by atoms with Crippen molar-refractivity contribution in [3.05, 3.63) is 12.2 Å². The van der Waals surface area contributed by atoms with Crippen molar-refractivity contribution in [1.29, 1.82) is 0 Å². The normalized spacial score (nSPS) is 29.1. The van der Waals surface area contributed by atoms with Gasteiger partial charge >= 0.3 is 11.9 Å². The molecule has 2 aliphatic carbocycles. The molecule has 2 aliphatic rings. The molecule has 0 saturated heterocycles. The largest absolute Gasteiger partial charge is 0.481 e. The van der Waals surface area contributed by atoms with Gasteiger partial charge in [0.1, 0.15) is 6.54 Å². The van der Waals surface area contributed by atoms with Gasteiger partial charge in [0.05, 0.1) is 18.4 Å². The van der Waals surface area contributed by atoms with Crippen molar-refractivity contribution in [2.75, 3.05) is 13.1 Å². The lowest BCUT2D eigenvalue weighted by Crippen LogP contribution is -2.44. The van der Waals surface area contributed by atoms with E-state index in [2.05, 4.69) is 10.6 Å². The van der Waals surface area contributed by atoms with Crippen molar-refractivity contribution >= 4 is 23.8 Å². The molecule has 0 heterocycles. The predicted molar refractivity (Wildman–Crippen MR) is 69.0 cm³/mol. The zero-order chi connectivity index (χ0) is 15.6. The molecule has 2 bridgehead atoms. The quantitative estimate of drug-likeness (QED) is 0.456. The molecule has 8 nitrogen and oxygen atoms in total. The molecular weight excluding hydrogens is 280 g/mol. The van der Waals surface area contributed by atoms with E-state index < -0.39 is 42.1 Å². The number of carboxylic acid groups (broad SMARTS) is 2. The second-order valence-corrected chi connectivity index (χ2v) is 5.23. The number of nitrogens with one attached hydrogen (secondary N) is 2. The van der Waals surface area contributed by atoms with Gasteiger partial charge in [-0.05, 0) is 18.3 Å². The summed E-state index contributed by atoms with van der Waals surface area (Å²) in [6.45, 7) is -0.890. The fourth-order valence-corrected chi connectivity index (χ4v) is 3.04. The van der Waals surface area contributed by atoms with E-state index in [-0.39, 0.29) is 18.4 Å².